The highest BCUT2D eigenvalue weighted by atomic mass is 32.1. The van der Waals surface area contributed by atoms with Crippen LogP contribution in [-0.2, 0) is 24.9 Å². The summed E-state index contributed by atoms with van der Waals surface area (Å²) in [6.45, 7) is 8.45. The molecule has 0 aliphatic carbocycles. The van der Waals surface area contributed by atoms with Gasteiger partial charge in [0.2, 0.25) is 0 Å². The Balaban J connectivity index is 1.65. The first-order chi connectivity index (χ1) is 10.4. The number of aromatic nitrogens is 3. The molecule has 0 radical (unpaired) electrons. The molecule has 1 aliphatic rings. The molecule has 1 amide bonds. The minimum Gasteiger partial charge on any atom is -0.344 e. The van der Waals surface area contributed by atoms with Gasteiger partial charge < -0.3 is 10.6 Å². The van der Waals surface area contributed by atoms with Crippen molar-refractivity contribution in [3.63, 3.8) is 0 Å². The van der Waals surface area contributed by atoms with Crippen LogP contribution in [-0.4, -0.2) is 27.6 Å². The minimum atomic E-state index is -0.145. The first-order valence-corrected chi connectivity index (χ1v) is 8.33. The number of carbonyl (C=O) groups is 1. The van der Waals surface area contributed by atoms with Crippen molar-refractivity contribution in [2.45, 2.75) is 45.7 Å². The fourth-order valence-electron chi connectivity index (χ4n) is 2.39. The third-order valence-electron chi connectivity index (χ3n) is 3.74. The van der Waals surface area contributed by atoms with Crippen molar-refractivity contribution in [2.24, 2.45) is 0 Å². The lowest BCUT2D eigenvalue weighted by Crippen LogP contribution is -2.28. The van der Waals surface area contributed by atoms with Gasteiger partial charge in [-0.05, 0) is 0 Å². The van der Waals surface area contributed by atoms with Crippen molar-refractivity contribution in [3.05, 3.63) is 33.0 Å². The van der Waals surface area contributed by atoms with Crippen molar-refractivity contribution in [1.29, 1.82) is 0 Å². The number of hydrogen-bond donors (Lipinski definition) is 3. The number of hydrogen-bond acceptors (Lipinski definition) is 5. The lowest BCUT2D eigenvalue weighted by Gasteiger charge is -2.14. The quantitative estimate of drug-likeness (QED) is 0.805. The SMILES string of the molecule is CC(C)(C)c1csc(CNC(=O)c2n[nH]c3c2CNCC3)n1. The molecule has 2 aromatic heterocycles. The number of fused-ring (bicyclic) bond motifs is 1. The molecule has 6 nitrogen and oxygen atoms in total. The zero-order chi connectivity index (χ0) is 15.7. The summed E-state index contributed by atoms with van der Waals surface area (Å²) in [5.74, 6) is -0.145. The Kier molecular flexibility index (Phi) is 4.01. The number of H-pyrrole nitrogens is 1. The van der Waals surface area contributed by atoms with Gasteiger partial charge >= 0.3 is 0 Å². The molecule has 3 rings (SSSR count). The summed E-state index contributed by atoms with van der Waals surface area (Å²) >= 11 is 1.58. The highest BCUT2D eigenvalue weighted by Crippen LogP contribution is 2.23. The summed E-state index contributed by atoms with van der Waals surface area (Å²) in [7, 11) is 0. The number of aromatic amines is 1. The second-order valence-electron chi connectivity index (χ2n) is 6.52. The average Bonchev–Trinajstić information content (AvgIpc) is 3.11. The van der Waals surface area contributed by atoms with E-state index in [9.17, 15) is 4.79 Å². The molecule has 0 fully saturated rings. The molecule has 0 spiro atoms. The molecule has 22 heavy (non-hydrogen) atoms. The lowest BCUT2D eigenvalue weighted by molar-refractivity contribution is 0.0944. The van der Waals surface area contributed by atoms with E-state index < -0.39 is 0 Å². The Hall–Kier alpha value is -1.73. The van der Waals surface area contributed by atoms with Crippen LogP contribution in [0, 0.1) is 0 Å². The molecule has 0 saturated heterocycles. The summed E-state index contributed by atoms with van der Waals surface area (Å²) in [5.41, 5.74) is 3.63. The maximum absolute atomic E-state index is 12.3. The van der Waals surface area contributed by atoms with Crippen LogP contribution in [0.1, 0.15) is 53.2 Å². The Morgan fingerprint density at radius 3 is 3.00 bits per heavy atom. The smallest absolute Gasteiger partial charge is 0.272 e. The number of thiazole rings is 1. The van der Waals surface area contributed by atoms with Gasteiger partial charge in [-0.1, -0.05) is 20.8 Å². The van der Waals surface area contributed by atoms with Crippen molar-refractivity contribution in [1.82, 2.24) is 25.8 Å². The van der Waals surface area contributed by atoms with Crippen LogP contribution in [0.25, 0.3) is 0 Å². The van der Waals surface area contributed by atoms with Crippen molar-refractivity contribution in [2.75, 3.05) is 6.54 Å². The van der Waals surface area contributed by atoms with Gasteiger partial charge in [0, 0.05) is 41.6 Å². The van der Waals surface area contributed by atoms with E-state index in [1.54, 1.807) is 11.3 Å². The average molecular weight is 319 g/mol. The molecule has 2 aromatic rings. The van der Waals surface area contributed by atoms with E-state index in [1.807, 2.05) is 0 Å². The van der Waals surface area contributed by atoms with E-state index in [4.69, 9.17) is 0 Å². The number of nitrogens with zero attached hydrogens (tertiary/aromatic N) is 2. The third-order valence-corrected chi connectivity index (χ3v) is 4.59. The lowest BCUT2D eigenvalue weighted by atomic mass is 9.93. The largest absolute Gasteiger partial charge is 0.344 e. The monoisotopic (exact) mass is 319 g/mol. The van der Waals surface area contributed by atoms with Gasteiger partial charge in [-0.3, -0.25) is 9.89 Å². The van der Waals surface area contributed by atoms with Crippen LogP contribution in [0.15, 0.2) is 5.38 Å². The zero-order valence-corrected chi connectivity index (χ0v) is 13.9. The zero-order valence-electron chi connectivity index (χ0n) is 13.1. The molecule has 0 saturated carbocycles. The predicted octanol–water partition coefficient (Wildman–Crippen LogP) is 1.74. The summed E-state index contributed by atoms with van der Waals surface area (Å²) in [4.78, 5) is 16.9. The first-order valence-electron chi connectivity index (χ1n) is 7.45. The standard InChI is InChI=1S/C15H21N5OS/c1-15(2,3)11-8-22-12(18-11)7-17-14(21)13-9-6-16-5-4-10(9)19-20-13/h8,16H,4-7H2,1-3H3,(H,17,21)(H,19,20). The van der Waals surface area contributed by atoms with Gasteiger partial charge in [0.15, 0.2) is 5.69 Å². The number of amides is 1. The van der Waals surface area contributed by atoms with Gasteiger partial charge in [-0.2, -0.15) is 5.10 Å². The maximum Gasteiger partial charge on any atom is 0.272 e. The second-order valence-corrected chi connectivity index (χ2v) is 7.46. The molecule has 0 bridgehead atoms. The fraction of sp³-hybridized carbons (Fsp3) is 0.533. The molecule has 7 heteroatoms. The molecule has 0 aromatic carbocycles. The Morgan fingerprint density at radius 2 is 2.27 bits per heavy atom. The Morgan fingerprint density at radius 1 is 1.45 bits per heavy atom. The Labute approximate surface area is 133 Å². The summed E-state index contributed by atoms with van der Waals surface area (Å²) in [5, 5.41) is 16.3. The minimum absolute atomic E-state index is 0.0334. The fourth-order valence-corrected chi connectivity index (χ4v) is 3.35. The Bertz CT molecular complexity index is 682. The number of rotatable bonds is 3. The van der Waals surface area contributed by atoms with Crippen molar-refractivity contribution >= 4 is 17.2 Å². The first kappa shape index (κ1) is 15.2. The van der Waals surface area contributed by atoms with Crippen LogP contribution in [0.2, 0.25) is 0 Å². The van der Waals surface area contributed by atoms with Crippen LogP contribution >= 0.6 is 11.3 Å². The normalized spacial score (nSPS) is 14.7. The number of carbonyl (C=O) groups excluding carboxylic acids is 1. The maximum atomic E-state index is 12.3. The second kappa shape index (κ2) is 5.81. The molecular formula is C15H21N5OS. The summed E-state index contributed by atoms with van der Waals surface area (Å²) in [6, 6.07) is 0. The van der Waals surface area contributed by atoms with E-state index >= 15 is 0 Å². The van der Waals surface area contributed by atoms with Crippen molar-refractivity contribution < 1.29 is 4.79 Å². The van der Waals surface area contributed by atoms with Gasteiger partial charge in [0.1, 0.15) is 5.01 Å². The third kappa shape index (κ3) is 3.05. The van der Waals surface area contributed by atoms with Crippen LogP contribution in [0.4, 0.5) is 0 Å². The van der Waals surface area contributed by atoms with E-state index in [0.717, 1.165) is 34.9 Å². The molecule has 3 N–H and O–H groups in total. The van der Waals surface area contributed by atoms with Gasteiger partial charge in [-0.25, -0.2) is 4.98 Å². The van der Waals surface area contributed by atoms with E-state index in [0.29, 0.717) is 18.8 Å². The molecule has 1 aliphatic heterocycles. The van der Waals surface area contributed by atoms with E-state index in [-0.39, 0.29) is 11.3 Å². The highest BCUT2D eigenvalue weighted by molar-refractivity contribution is 7.09. The molecular weight excluding hydrogens is 298 g/mol. The van der Waals surface area contributed by atoms with Gasteiger partial charge in [0.05, 0.1) is 12.2 Å². The van der Waals surface area contributed by atoms with Crippen LogP contribution in [0.3, 0.4) is 0 Å². The highest BCUT2D eigenvalue weighted by Gasteiger charge is 2.22. The summed E-state index contributed by atoms with van der Waals surface area (Å²) in [6.07, 6.45) is 0.886. The van der Waals surface area contributed by atoms with Crippen LogP contribution in [0.5, 0.6) is 0 Å². The molecule has 118 valence electrons. The van der Waals surface area contributed by atoms with Crippen LogP contribution < -0.4 is 10.6 Å². The van der Waals surface area contributed by atoms with Gasteiger partial charge in [-0.15, -0.1) is 11.3 Å². The molecule has 3 heterocycles. The molecule has 0 atom stereocenters. The van der Waals surface area contributed by atoms with Crippen molar-refractivity contribution in [3.8, 4) is 0 Å². The summed E-state index contributed by atoms with van der Waals surface area (Å²) < 4.78 is 0. The number of nitrogens with one attached hydrogen (secondary N) is 3. The molecule has 0 unspecified atom stereocenters. The van der Waals surface area contributed by atoms with Gasteiger partial charge in [0.25, 0.3) is 5.91 Å². The predicted molar refractivity (Wildman–Crippen MR) is 86.0 cm³/mol. The van der Waals surface area contributed by atoms with E-state index in [1.165, 1.54) is 0 Å². The van der Waals surface area contributed by atoms with E-state index in [2.05, 4.69) is 52.0 Å². The topological polar surface area (TPSA) is 82.7 Å².